The molecule has 1 amide bonds. The van der Waals surface area contributed by atoms with E-state index in [2.05, 4.69) is 4.99 Å². The quantitative estimate of drug-likeness (QED) is 0.885. The van der Waals surface area contributed by atoms with E-state index in [1.165, 1.54) is 11.8 Å². The number of rotatable bonds is 3. The van der Waals surface area contributed by atoms with Crippen molar-refractivity contribution >= 4 is 23.4 Å². The molecule has 0 fully saturated rings. The zero-order valence-electron chi connectivity index (χ0n) is 11.9. The van der Waals surface area contributed by atoms with Gasteiger partial charge in [0.15, 0.2) is 0 Å². The van der Waals surface area contributed by atoms with Crippen LogP contribution in [0.15, 0.2) is 34.3 Å². The number of thioether (sulfide) groups is 1. The summed E-state index contributed by atoms with van der Waals surface area (Å²) in [5, 5.41) is 11.0. The molecule has 1 aromatic carbocycles. The van der Waals surface area contributed by atoms with Crippen molar-refractivity contribution in [2.24, 2.45) is 12.0 Å². The van der Waals surface area contributed by atoms with Gasteiger partial charge in [0.2, 0.25) is 5.88 Å². The van der Waals surface area contributed by atoms with Gasteiger partial charge in [-0.3, -0.25) is 4.79 Å². The molecule has 2 aromatic rings. The maximum atomic E-state index is 12.2. The molecular formula is C15H14N2O3S. The highest BCUT2D eigenvalue weighted by Gasteiger charge is 2.34. The first-order valence-corrected chi connectivity index (χ1v) is 7.54. The Bertz CT molecular complexity index is 760. The highest BCUT2D eigenvalue weighted by atomic mass is 32.2. The molecule has 0 aliphatic carbocycles. The number of fused-ring (bicyclic) bond motifs is 1. The summed E-state index contributed by atoms with van der Waals surface area (Å²) in [7, 11) is 3.33. The third kappa shape index (κ3) is 1.94. The second-order valence-electron chi connectivity index (χ2n) is 4.64. The number of aliphatic imine (C=N–C) groups is 1. The van der Waals surface area contributed by atoms with Crippen LogP contribution in [0.3, 0.4) is 0 Å². The van der Waals surface area contributed by atoms with E-state index in [1.807, 2.05) is 18.4 Å². The number of amides is 1. The average molecular weight is 302 g/mol. The van der Waals surface area contributed by atoms with Gasteiger partial charge in [-0.1, -0.05) is 0 Å². The molecule has 1 aliphatic heterocycles. The predicted octanol–water partition coefficient (Wildman–Crippen LogP) is 2.45. The van der Waals surface area contributed by atoms with E-state index in [9.17, 15) is 9.90 Å². The Hall–Kier alpha value is -2.21. The maximum Gasteiger partial charge on any atom is 0.281 e. The molecule has 0 unspecified atom stereocenters. The largest absolute Gasteiger partial charge is 0.497 e. The molecule has 6 heteroatoms. The van der Waals surface area contributed by atoms with Crippen LogP contribution in [0, 0.1) is 0 Å². The van der Waals surface area contributed by atoms with Crippen molar-refractivity contribution in [2.75, 3.05) is 13.4 Å². The molecule has 5 nitrogen and oxygen atoms in total. The molecule has 108 valence electrons. The highest BCUT2D eigenvalue weighted by Crippen LogP contribution is 2.39. The zero-order chi connectivity index (χ0) is 15.1. The number of hydrogen-bond acceptors (Lipinski definition) is 4. The number of hydrogen-bond donors (Lipinski definition) is 1. The minimum Gasteiger partial charge on any atom is -0.497 e. The van der Waals surface area contributed by atoms with Gasteiger partial charge < -0.3 is 14.4 Å². The number of aromatic nitrogens is 1. The lowest BCUT2D eigenvalue weighted by molar-refractivity contribution is 0.100. The van der Waals surface area contributed by atoms with E-state index < -0.39 is 0 Å². The number of benzene rings is 1. The molecule has 21 heavy (non-hydrogen) atoms. The SMILES string of the molecule is COc1ccc(C2=NC(=O)c3c2c(O)n(C)c3SC)cc1. The van der Waals surface area contributed by atoms with Crippen molar-refractivity contribution in [3.8, 4) is 11.6 Å². The van der Waals surface area contributed by atoms with E-state index in [0.717, 1.165) is 16.3 Å². The van der Waals surface area contributed by atoms with Gasteiger partial charge >= 0.3 is 0 Å². The summed E-state index contributed by atoms with van der Waals surface area (Å²) in [6.45, 7) is 0. The lowest BCUT2D eigenvalue weighted by Gasteiger charge is -2.05. The zero-order valence-corrected chi connectivity index (χ0v) is 12.7. The summed E-state index contributed by atoms with van der Waals surface area (Å²) in [4.78, 5) is 16.3. The molecule has 0 atom stereocenters. The van der Waals surface area contributed by atoms with Crippen molar-refractivity contribution in [3.63, 3.8) is 0 Å². The fourth-order valence-corrected chi connectivity index (χ4v) is 3.24. The third-order valence-corrected chi connectivity index (χ3v) is 4.40. The van der Waals surface area contributed by atoms with E-state index in [1.54, 1.807) is 30.9 Å². The molecule has 0 bridgehead atoms. The Morgan fingerprint density at radius 1 is 1.24 bits per heavy atom. The fraction of sp³-hybridized carbons (Fsp3) is 0.200. The van der Waals surface area contributed by atoms with Crippen LogP contribution in [0.2, 0.25) is 0 Å². The van der Waals surface area contributed by atoms with Gasteiger partial charge in [-0.2, -0.15) is 0 Å². The lowest BCUT2D eigenvalue weighted by atomic mass is 10.0. The Labute approximate surface area is 126 Å². The van der Waals surface area contributed by atoms with Crippen molar-refractivity contribution in [2.45, 2.75) is 5.03 Å². The minimum absolute atomic E-state index is 0.0646. The van der Waals surface area contributed by atoms with Gasteiger partial charge in [-0.05, 0) is 30.5 Å². The molecule has 0 saturated carbocycles. The van der Waals surface area contributed by atoms with Crippen LogP contribution in [-0.4, -0.2) is 34.7 Å². The van der Waals surface area contributed by atoms with Gasteiger partial charge in [0.1, 0.15) is 5.75 Å². The second kappa shape index (κ2) is 4.96. The standard InChI is InChI=1S/C15H14N2O3S/c1-17-14(19)10-11(15(17)21-3)13(18)16-12(10)8-4-6-9(20-2)7-5-8/h4-7,19H,1-3H3. The first-order chi connectivity index (χ1) is 10.1. The second-order valence-corrected chi connectivity index (χ2v) is 5.43. The molecule has 0 spiro atoms. The molecule has 0 radical (unpaired) electrons. The van der Waals surface area contributed by atoms with Crippen molar-refractivity contribution < 1.29 is 14.6 Å². The monoisotopic (exact) mass is 302 g/mol. The van der Waals surface area contributed by atoms with Crippen LogP contribution >= 0.6 is 11.8 Å². The number of aromatic hydroxyl groups is 1. The number of carbonyl (C=O) groups is 1. The van der Waals surface area contributed by atoms with Gasteiger partial charge in [-0.15, -0.1) is 11.8 Å². The van der Waals surface area contributed by atoms with Crippen LogP contribution < -0.4 is 4.74 Å². The summed E-state index contributed by atoms with van der Waals surface area (Å²) >= 11 is 1.42. The molecule has 2 heterocycles. The molecular weight excluding hydrogens is 288 g/mol. The van der Waals surface area contributed by atoms with Crippen LogP contribution in [0.1, 0.15) is 21.5 Å². The molecule has 3 rings (SSSR count). The third-order valence-electron chi connectivity index (χ3n) is 3.53. The molecule has 1 N–H and O–H groups in total. The normalized spacial score (nSPS) is 13.3. The Kier molecular flexibility index (Phi) is 3.25. The highest BCUT2D eigenvalue weighted by molar-refractivity contribution is 7.98. The molecule has 1 aliphatic rings. The average Bonchev–Trinajstić information content (AvgIpc) is 2.97. The predicted molar refractivity (Wildman–Crippen MR) is 81.8 cm³/mol. The van der Waals surface area contributed by atoms with Crippen molar-refractivity contribution in [1.82, 2.24) is 4.57 Å². The number of ether oxygens (including phenoxy) is 1. The van der Waals surface area contributed by atoms with Crippen LogP contribution in [-0.2, 0) is 7.05 Å². The summed E-state index contributed by atoms with van der Waals surface area (Å²) < 4.78 is 6.74. The molecule has 1 aromatic heterocycles. The van der Waals surface area contributed by atoms with Crippen molar-refractivity contribution in [1.29, 1.82) is 0 Å². The van der Waals surface area contributed by atoms with Crippen molar-refractivity contribution in [3.05, 3.63) is 41.0 Å². The molecule has 0 saturated heterocycles. The Balaban J connectivity index is 2.16. The van der Waals surface area contributed by atoms with E-state index >= 15 is 0 Å². The number of nitrogens with zero attached hydrogens (tertiary/aromatic N) is 2. The maximum absolute atomic E-state index is 12.2. The lowest BCUT2D eigenvalue weighted by Crippen LogP contribution is -2.01. The summed E-state index contributed by atoms with van der Waals surface area (Å²) in [5.74, 6) is 0.483. The first kappa shape index (κ1) is 13.8. The smallest absolute Gasteiger partial charge is 0.281 e. The summed E-state index contributed by atoms with van der Waals surface area (Å²) in [5.41, 5.74) is 2.27. The van der Waals surface area contributed by atoms with E-state index in [4.69, 9.17) is 4.74 Å². The Morgan fingerprint density at radius 3 is 2.48 bits per heavy atom. The topological polar surface area (TPSA) is 63.8 Å². The van der Waals surface area contributed by atoms with Gasteiger partial charge in [0.05, 0.1) is 29.0 Å². The van der Waals surface area contributed by atoms with Crippen LogP contribution in [0.4, 0.5) is 0 Å². The fourth-order valence-electron chi connectivity index (χ4n) is 2.48. The van der Waals surface area contributed by atoms with Gasteiger partial charge in [0.25, 0.3) is 5.91 Å². The van der Waals surface area contributed by atoms with Gasteiger partial charge in [-0.25, -0.2) is 4.99 Å². The summed E-state index contributed by atoms with van der Waals surface area (Å²) in [6, 6.07) is 7.25. The number of carbonyl (C=O) groups excluding carboxylic acids is 1. The minimum atomic E-state index is -0.309. The van der Waals surface area contributed by atoms with Crippen LogP contribution in [0.25, 0.3) is 0 Å². The summed E-state index contributed by atoms with van der Waals surface area (Å²) in [6.07, 6.45) is 1.87. The Morgan fingerprint density at radius 2 is 1.90 bits per heavy atom. The van der Waals surface area contributed by atoms with Crippen LogP contribution in [0.5, 0.6) is 11.6 Å². The van der Waals surface area contributed by atoms with E-state index in [-0.39, 0.29) is 11.8 Å². The van der Waals surface area contributed by atoms with Gasteiger partial charge in [0, 0.05) is 12.6 Å². The number of methoxy groups -OCH3 is 1. The first-order valence-electron chi connectivity index (χ1n) is 6.32. The van der Waals surface area contributed by atoms with E-state index in [0.29, 0.717) is 16.8 Å².